The van der Waals surface area contributed by atoms with Crippen LogP contribution in [0.2, 0.25) is 0 Å². The lowest BCUT2D eigenvalue weighted by Crippen LogP contribution is -2.38. The Labute approximate surface area is 452 Å². The van der Waals surface area contributed by atoms with Crippen LogP contribution in [0.4, 0.5) is 0 Å². The minimum Gasteiger partial charge on any atom is -0.483 e. The molecule has 0 aromatic heterocycles. The number of ether oxygens (including phenoxy) is 2. The van der Waals surface area contributed by atoms with Crippen LogP contribution in [0.15, 0.2) is 0 Å². The zero-order valence-electron chi connectivity index (χ0n) is 51.6. The molecule has 72 heavy (non-hydrogen) atoms. The summed E-state index contributed by atoms with van der Waals surface area (Å²) in [6.45, 7) is 31.8. The second kappa shape index (κ2) is 62.0. The number of carbonyl (C=O) groups is 3. The molecule has 1 rings (SSSR count). The summed E-state index contributed by atoms with van der Waals surface area (Å²) in [6.07, 6.45) is 48.5. The van der Waals surface area contributed by atoms with E-state index in [4.69, 9.17) is 19.4 Å². The molecule has 1 heterocycles. The number of aliphatic hydroxyl groups is 1. The van der Waals surface area contributed by atoms with Gasteiger partial charge in [0.25, 0.3) is 6.47 Å². The second-order valence-corrected chi connectivity index (χ2v) is 21.7. The maximum absolute atomic E-state index is 12.8. The van der Waals surface area contributed by atoms with Gasteiger partial charge < -0.3 is 24.5 Å². The van der Waals surface area contributed by atoms with Gasteiger partial charge in [-0.05, 0) is 69.2 Å². The van der Waals surface area contributed by atoms with E-state index < -0.39 is 6.10 Å². The van der Waals surface area contributed by atoms with Crippen LogP contribution in [0.25, 0.3) is 0 Å². The second-order valence-electron chi connectivity index (χ2n) is 21.7. The van der Waals surface area contributed by atoms with Gasteiger partial charge in [0.2, 0.25) is 0 Å². The van der Waals surface area contributed by atoms with Crippen LogP contribution in [0.5, 0.6) is 0 Å². The Kier molecular flexibility index (Phi) is 68.4. The predicted octanol–water partition coefficient (Wildman–Crippen LogP) is 19.7. The van der Waals surface area contributed by atoms with Crippen molar-refractivity contribution in [2.75, 3.05) is 26.8 Å². The highest BCUT2D eigenvalue weighted by Gasteiger charge is 2.36. The van der Waals surface area contributed by atoms with Crippen LogP contribution in [0.3, 0.4) is 0 Å². The lowest BCUT2D eigenvalue weighted by atomic mass is 9.70. The SMILES string of the molecule is CC.CC.CC.CCCCCCCCC(CCCCCC)C(C)(C)CCCCCCN1CC(O)CC1C(=O)OCCCCCCC(C)(C)C=O.CCCCCCCCC(CCCCCCCC)OC.O=CO. The molecule has 0 radical (unpaired) electrons. The van der Waals surface area contributed by atoms with Gasteiger partial charge in [-0.15, -0.1) is 0 Å². The first-order valence-corrected chi connectivity index (χ1v) is 31.5. The Morgan fingerprint density at radius 1 is 0.556 bits per heavy atom. The maximum atomic E-state index is 12.8. The summed E-state index contributed by atoms with van der Waals surface area (Å²) in [4.78, 5) is 34.4. The standard InChI is InChI=1S/C39H75NO4.C18H38O.3C2H6.CH2O2/c1-7-9-11-13-14-20-26-34(25-19-12-10-8-2)39(5,6)28-22-15-17-23-29-40-32-35(42)31-36(40)37(43)44-30-24-18-16-21-27-38(3,4)33-41;1-4-6-8-10-12-14-16-18(19-3)17-15-13-11-9-7-5-2;3*1-2;2-1-3/h33-36,42H,7-32H2,1-6H3;18H,4-17H2,1-3H3;3*1-2H3;1H,(H,2,3). The van der Waals surface area contributed by atoms with Crippen molar-refractivity contribution in [2.45, 2.75) is 353 Å². The van der Waals surface area contributed by atoms with Crippen LogP contribution in [0, 0.1) is 16.7 Å². The fourth-order valence-corrected chi connectivity index (χ4v) is 9.79. The van der Waals surface area contributed by atoms with Crippen LogP contribution in [0.1, 0.15) is 335 Å². The van der Waals surface area contributed by atoms with Crippen molar-refractivity contribution >= 4 is 18.7 Å². The molecule has 1 fully saturated rings. The van der Waals surface area contributed by atoms with Crippen molar-refractivity contribution < 1.29 is 34.1 Å². The summed E-state index contributed by atoms with van der Waals surface area (Å²) in [5, 5.41) is 17.2. The third-order valence-electron chi connectivity index (χ3n) is 14.5. The molecule has 436 valence electrons. The average molecular weight is 1030 g/mol. The zero-order valence-corrected chi connectivity index (χ0v) is 51.6. The van der Waals surface area contributed by atoms with Crippen LogP contribution in [-0.2, 0) is 23.9 Å². The number of rotatable bonds is 44. The molecule has 0 amide bonds. The minimum atomic E-state index is -0.435. The van der Waals surface area contributed by atoms with Gasteiger partial charge in [-0.2, -0.15) is 0 Å². The van der Waals surface area contributed by atoms with Crippen molar-refractivity contribution in [3.05, 3.63) is 0 Å². The lowest BCUT2D eigenvalue weighted by molar-refractivity contribution is -0.149. The number of carbonyl (C=O) groups excluding carboxylic acids is 2. The Morgan fingerprint density at radius 2 is 0.917 bits per heavy atom. The fourth-order valence-electron chi connectivity index (χ4n) is 9.79. The van der Waals surface area contributed by atoms with E-state index in [0.717, 1.165) is 57.3 Å². The molecule has 1 aliphatic rings. The average Bonchev–Trinajstić information content (AvgIpc) is 3.77. The maximum Gasteiger partial charge on any atom is 0.323 e. The molecule has 0 aromatic carbocycles. The summed E-state index contributed by atoms with van der Waals surface area (Å²) in [6, 6.07) is -0.298. The molecule has 3 atom stereocenters. The molecule has 0 aliphatic carbocycles. The van der Waals surface area contributed by atoms with Gasteiger partial charge >= 0.3 is 5.97 Å². The van der Waals surface area contributed by atoms with Crippen molar-refractivity contribution in [1.82, 2.24) is 4.90 Å². The molecule has 0 aromatic rings. The van der Waals surface area contributed by atoms with Gasteiger partial charge in [0.1, 0.15) is 12.3 Å². The molecule has 1 aliphatic heterocycles. The predicted molar refractivity (Wildman–Crippen MR) is 317 cm³/mol. The number of aldehydes is 1. The first kappa shape index (κ1) is 79.4. The van der Waals surface area contributed by atoms with E-state index in [1.807, 2.05) is 62.5 Å². The minimum absolute atomic E-state index is 0.166. The summed E-state index contributed by atoms with van der Waals surface area (Å²) in [7, 11) is 1.89. The quantitative estimate of drug-likeness (QED) is 0.0352. The highest BCUT2D eigenvalue weighted by atomic mass is 16.5. The van der Waals surface area contributed by atoms with E-state index in [0.29, 0.717) is 31.1 Å². The van der Waals surface area contributed by atoms with Crippen molar-refractivity contribution in [1.29, 1.82) is 0 Å². The van der Waals surface area contributed by atoms with Gasteiger partial charge in [-0.25, -0.2) is 0 Å². The van der Waals surface area contributed by atoms with Crippen molar-refractivity contribution in [2.24, 2.45) is 16.7 Å². The number of methoxy groups -OCH3 is 1. The summed E-state index contributed by atoms with van der Waals surface area (Å²) in [5.41, 5.74) is 0.176. The molecule has 0 bridgehead atoms. The Hall–Kier alpha value is -1.51. The smallest absolute Gasteiger partial charge is 0.323 e. The number of carboxylic acid groups (broad SMARTS) is 1. The van der Waals surface area contributed by atoms with Crippen LogP contribution in [-0.4, -0.2) is 78.9 Å². The number of β-amino-alcohol motifs (C(OH)–C–C–N with tert-alkyl or cyclic N) is 1. The van der Waals surface area contributed by atoms with E-state index in [1.165, 1.54) is 193 Å². The molecule has 8 nitrogen and oxygen atoms in total. The van der Waals surface area contributed by atoms with Gasteiger partial charge in [-0.3, -0.25) is 14.5 Å². The highest BCUT2D eigenvalue weighted by molar-refractivity contribution is 5.76. The van der Waals surface area contributed by atoms with Crippen LogP contribution >= 0.6 is 0 Å². The Balaban J connectivity index is -0.000000443. The van der Waals surface area contributed by atoms with E-state index in [1.54, 1.807) is 0 Å². The number of aliphatic hydroxyl groups excluding tert-OH is 1. The third-order valence-corrected chi connectivity index (χ3v) is 14.5. The highest BCUT2D eigenvalue weighted by Crippen LogP contribution is 2.39. The monoisotopic (exact) mass is 1030 g/mol. The van der Waals surface area contributed by atoms with Gasteiger partial charge in [0.05, 0.1) is 18.8 Å². The first-order valence-electron chi connectivity index (χ1n) is 31.5. The largest absolute Gasteiger partial charge is 0.483 e. The molecule has 0 spiro atoms. The number of nitrogens with zero attached hydrogens (tertiary/aromatic N) is 1. The van der Waals surface area contributed by atoms with Gasteiger partial charge in [0, 0.05) is 25.5 Å². The number of likely N-dealkylation sites (tertiary alicyclic amines) is 1. The van der Waals surface area contributed by atoms with Crippen molar-refractivity contribution in [3.63, 3.8) is 0 Å². The number of hydrogen-bond donors (Lipinski definition) is 2. The molecule has 3 unspecified atom stereocenters. The number of unbranched alkanes of at least 4 members (excludes halogenated alkanes) is 24. The Morgan fingerprint density at radius 3 is 1.35 bits per heavy atom. The summed E-state index contributed by atoms with van der Waals surface area (Å²) < 4.78 is 11.2. The molecule has 1 saturated heterocycles. The summed E-state index contributed by atoms with van der Waals surface area (Å²) in [5.74, 6) is 0.679. The van der Waals surface area contributed by atoms with E-state index in [9.17, 15) is 14.7 Å². The molecular formula is C64H133NO7. The van der Waals surface area contributed by atoms with Crippen molar-refractivity contribution in [3.8, 4) is 0 Å². The third kappa shape index (κ3) is 53.3. The van der Waals surface area contributed by atoms with Gasteiger partial charge in [-0.1, -0.05) is 277 Å². The molecule has 2 N–H and O–H groups in total. The molecule has 8 heteroatoms. The topological polar surface area (TPSA) is 113 Å². The molecular weight excluding hydrogens is 895 g/mol. The van der Waals surface area contributed by atoms with E-state index in [-0.39, 0.29) is 23.9 Å². The van der Waals surface area contributed by atoms with E-state index in [2.05, 4.69) is 46.4 Å². The van der Waals surface area contributed by atoms with Gasteiger partial charge in [0.15, 0.2) is 0 Å². The zero-order chi connectivity index (χ0) is 55.6. The lowest BCUT2D eigenvalue weighted by Gasteiger charge is -2.35. The Bertz CT molecular complexity index is 1040. The number of esters is 1. The fraction of sp³-hybridized carbons (Fsp3) is 0.953. The molecule has 0 saturated carbocycles. The van der Waals surface area contributed by atoms with E-state index >= 15 is 0 Å². The normalized spacial score (nSPS) is 14.7. The number of hydrogen-bond acceptors (Lipinski definition) is 7. The summed E-state index contributed by atoms with van der Waals surface area (Å²) >= 11 is 0. The van der Waals surface area contributed by atoms with Crippen LogP contribution < -0.4 is 0 Å². The first-order chi connectivity index (χ1) is 34.8.